The second-order valence-corrected chi connectivity index (χ2v) is 3.52. The van der Waals surface area contributed by atoms with Crippen LogP contribution in [0, 0.1) is 6.92 Å². The largest absolute Gasteiger partial charge is 0.493 e. The Hall–Kier alpha value is -1.48. The maximum atomic E-state index is 9.42. The molecule has 0 bridgehead atoms. The van der Waals surface area contributed by atoms with Crippen LogP contribution in [0.15, 0.2) is 24.4 Å². The molecule has 14 heavy (non-hydrogen) atoms. The van der Waals surface area contributed by atoms with Gasteiger partial charge in [0.05, 0.1) is 11.8 Å². The van der Waals surface area contributed by atoms with Gasteiger partial charge < -0.3 is 5.11 Å². The summed E-state index contributed by atoms with van der Waals surface area (Å²) in [6, 6.07) is 5.65. The standard InChI is InChI=1S/C10H9ClN2O/c1-6-2-3-7(9(11)4-6)8-5-12-13-10(8)14/h2-5H,1H3,(H2,12,13,14). The number of nitrogens with zero attached hydrogens (tertiary/aromatic N) is 1. The zero-order valence-corrected chi connectivity index (χ0v) is 8.34. The van der Waals surface area contributed by atoms with E-state index in [1.807, 2.05) is 25.1 Å². The highest BCUT2D eigenvalue weighted by atomic mass is 35.5. The van der Waals surface area contributed by atoms with Crippen molar-refractivity contribution in [2.45, 2.75) is 6.92 Å². The summed E-state index contributed by atoms with van der Waals surface area (Å²) in [4.78, 5) is 0. The minimum atomic E-state index is 0.0377. The van der Waals surface area contributed by atoms with Crippen molar-refractivity contribution in [2.24, 2.45) is 0 Å². The van der Waals surface area contributed by atoms with Crippen LogP contribution >= 0.6 is 11.6 Å². The topological polar surface area (TPSA) is 48.9 Å². The average Bonchev–Trinajstić information content (AvgIpc) is 2.52. The summed E-state index contributed by atoms with van der Waals surface area (Å²) in [7, 11) is 0. The molecule has 0 saturated carbocycles. The second kappa shape index (κ2) is 3.35. The quantitative estimate of drug-likeness (QED) is 0.757. The van der Waals surface area contributed by atoms with E-state index in [0.717, 1.165) is 11.1 Å². The van der Waals surface area contributed by atoms with Gasteiger partial charge >= 0.3 is 0 Å². The van der Waals surface area contributed by atoms with E-state index < -0.39 is 0 Å². The number of aryl methyl sites for hydroxylation is 1. The number of hydrogen-bond donors (Lipinski definition) is 2. The monoisotopic (exact) mass is 208 g/mol. The molecular formula is C10H9ClN2O. The molecule has 0 saturated heterocycles. The Labute approximate surface area is 86.3 Å². The number of nitrogens with one attached hydrogen (secondary N) is 1. The first-order valence-electron chi connectivity index (χ1n) is 4.17. The van der Waals surface area contributed by atoms with Gasteiger partial charge in [0.15, 0.2) is 0 Å². The molecule has 0 fully saturated rings. The molecule has 0 amide bonds. The fourth-order valence-electron chi connectivity index (χ4n) is 1.32. The minimum absolute atomic E-state index is 0.0377. The van der Waals surface area contributed by atoms with E-state index in [0.29, 0.717) is 10.6 Å². The molecule has 0 unspecified atom stereocenters. The number of aromatic hydroxyl groups is 1. The van der Waals surface area contributed by atoms with E-state index >= 15 is 0 Å². The molecule has 1 aromatic carbocycles. The van der Waals surface area contributed by atoms with Gasteiger partial charge in [0.2, 0.25) is 5.88 Å². The Morgan fingerprint density at radius 3 is 2.71 bits per heavy atom. The summed E-state index contributed by atoms with van der Waals surface area (Å²) < 4.78 is 0. The summed E-state index contributed by atoms with van der Waals surface area (Å²) >= 11 is 6.04. The van der Waals surface area contributed by atoms with Gasteiger partial charge in [0, 0.05) is 10.6 Å². The van der Waals surface area contributed by atoms with E-state index in [2.05, 4.69) is 10.2 Å². The molecule has 0 aliphatic rings. The minimum Gasteiger partial charge on any atom is -0.493 e. The van der Waals surface area contributed by atoms with Gasteiger partial charge in [-0.1, -0.05) is 23.7 Å². The maximum absolute atomic E-state index is 9.42. The molecule has 0 aliphatic carbocycles. The molecule has 2 N–H and O–H groups in total. The third-order valence-electron chi connectivity index (χ3n) is 2.03. The lowest BCUT2D eigenvalue weighted by molar-refractivity contribution is 0.454. The molecule has 1 aromatic heterocycles. The predicted octanol–water partition coefficient (Wildman–Crippen LogP) is 2.74. The van der Waals surface area contributed by atoms with Crippen molar-refractivity contribution in [3.63, 3.8) is 0 Å². The van der Waals surface area contributed by atoms with Crippen molar-refractivity contribution in [2.75, 3.05) is 0 Å². The van der Waals surface area contributed by atoms with Crippen LogP contribution in [0.25, 0.3) is 11.1 Å². The summed E-state index contributed by atoms with van der Waals surface area (Å²) in [5, 5.41) is 16.2. The molecule has 0 aliphatic heterocycles. The van der Waals surface area contributed by atoms with Crippen LogP contribution in [-0.4, -0.2) is 15.3 Å². The van der Waals surface area contributed by atoms with Crippen LogP contribution in [0.3, 0.4) is 0 Å². The van der Waals surface area contributed by atoms with Crippen LogP contribution in [0.2, 0.25) is 5.02 Å². The Balaban J connectivity index is 2.58. The first-order valence-corrected chi connectivity index (χ1v) is 4.55. The van der Waals surface area contributed by atoms with E-state index in [9.17, 15) is 5.11 Å². The van der Waals surface area contributed by atoms with Gasteiger partial charge in [-0.3, -0.25) is 0 Å². The van der Waals surface area contributed by atoms with Gasteiger partial charge in [-0.2, -0.15) is 5.10 Å². The maximum Gasteiger partial charge on any atom is 0.214 e. The summed E-state index contributed by atoms with van der Waals surface area (Å²) in [5.41, 5.74) is 2.49. The normalized spacial score (nSPS) is 10.4. The number of rotatable bonds is 1. The molecule has 2 aromatic rings. The van der Waals surface area contributed by atoms with Gasteiger partial charge in [0.1, 0.15) is 0 Å². The Morgan fingerprint density at radius 1 is 1.36 bits per heavy atom. The third kappa shape index (κ3) is 1.46. The van der Waals surface area contributed by atoms with Crippen LogP contribution in [0.4, 0.5) is 0 Å². The van der Waals surface area contributed by atoms with Crippen molar-refractivity contribution >= 4 is 11.6 Å². The second-order valence-electron chi connectivity index (χ2n) is 3.12. The predicted molar refractivity (Wildman–Crippen MR) is 55.4 cm³/mol. The summed E-state index contributed by atoms with van der Waals surface area (Å²) in [6.45, 7) is 1.96. The highest BCUT2D eigenvalue weighted by Crippen LogP contribution is 2.32. The number of aromatic amines is 1. The number of halogens is 1. The lowest BCUT2D eigenvalue weighted by atomic mass is 10.1. The number of aromatic nitrogens is 2. The fraction of sp³-hybridized carbons (Fsp3) is 0.100. The van der Waals surface area contributed by atoms with E-state index in [-0.39, 0.29) is 5.88 Å². The van der Waals surface area contributed by atoms with Crippen molar-refractivity contribution in [3.8, 4) is 17.0 Å². The van der Waals surface area contributed by atoms with E-state index in [1.165, 1.54) is 0 Å². The van der Waals surface area contributed by atoms with Crippen LogP contribution in [0.1, 0.15) is 5.56 Å². The smallest absolute Gasteiger partial charge is 0.214 e. The number of H-pyrrole nitrogens is 1. The zero-order chi connectivity index (χ0) is 10.1. The average molecular weight is 209 g/mol. The van der Waals surface area contributed by atoms with Gasteiger partial charge in [-0.25, -0.2) is 5.10 Å². The zero-order valence-electron chi connectivity index (χ0n) is 7.58. The molecule has 4 heteroatoms. The van der Waals surface area contributed by atoms with Crippen LogP contribution in [-0.2, 0) is 0 Å². The van der Waals surface area contributed by atoms with E-state index in [1.54, 1.807) is 6.20 Å². The highest BCUT2D eigenvalue weighted by Gasteiger charge is 2.09. The SMILES string of the molecule is Cc1ccc(-c2cn[nH]c2O)c(Cl)c1. The molecule has 2 rings (SSSR count). The van der Waals surface area contributed by atoms with Gasteiger partial charge in [-0.15, -0.1) is 0 Å². The molecule has 1 heterocycles. The van der Waals surface area contributed by atoms with Crippen molar-refractivity contribution < 1.29 is 5.11 Å². The highest BCUT2D eigenvalue weighted by molar-refractivity contribution is 6.33. The number of hydrogen-bond acceptors (Lipinski definition) is 2. The van der Waals surface area contributed by atoms with Crippen LogP contribution in [0.5, 0.6) is 5.88 Å². The summed E-state index contributed by atoms with van der Waals surface area (Å²) in [6.07, 6.45) is 1.55. The lowest BCUT2D eigenvalue weighted by Gasteiger charge is -2.02. The Morgan fingerprint density at radius 2 is 2.14 bits per heavy atom. The van der Waals surface area contributed by atoms with Crippen molar-refractivity contribution in [3.05, 3.63) is 35.0 Å². The molecule has 3 nitrogen and oxygen atoms in total. The molecule has 72 valence electrons. The fourth-order valence-corrected chi connectivity index (χ4v) is 1.65. The van der Waals surface area contributed by atoms with Crippen LogP contribution < -0.4 is 0 Å². The third-order valence-corrected chi connectivity index (χ3v) is 2.35. The summed E-state index contributed by atoms with van der Waals surface area (Å²) in [5.74, 6) is 0.0377. The molecule has 0 radical (unpaired) electrons. The number of benzene rings is 1. The molecule has 0 atom stereocenters. The first kappa shape index (κ1) is 9.09. The first-order chi connectivity index (χ1) is 6.68. The van der Waals surface area contributed by atoms with Gasteiger partial charge in [-0.05, 0) is 18.6 Å². The molecule has 0 spiro atoms. The van der Waals surface area contributed by atoms with Gasteiger partial charge in [0.25, 0.3) is 0 Å². The van der Waals surface area contributed by atoms with Crippen molar-refractivity contribution in [1.29, 1.82) is 0 Å². The molecular weight excluding hydrogens is 200 g/mol. The Kier molecular flexibility index (Phi) is 2.17. The van der Waals surface area contributed by atoms with Crippen molar-refractivity contribution in [1.82, 2.24) is 10.2 Å². The Bertz CT molecular complexity index is 465. The lowest BCUT2D eigenvalue weighted by Crippen LogP contribution is -1.79. The van der Waals surface area contributed by atoms with E-state index in [4.69, 9.17) is 11.6 Å².